The molecule has 0 saturated carbocycles. The van der Waals surface area contributed by atoms with Crippen molar-refractivity contribution in [3.63, 3.8) is 0 Å². The normalized spacial score (nSPS) is 11.2. The van der Waals surface area contributed by atoms with Gasteiger partial charge in [0.25, 0.3) is 11.6 Å². The van der Waals surface area contributed by atoms with Gasteiger partial charge in [-0.2, -0.15) is 10.2 Å². The first-order chi connectivity index (χ1) is 13.5. The van der Waals surface area contributed by atoms with Gasteiger partial charge in [-0.25, -0.2) is 5.43 Å². The van der Waals surface area contributed by atoms with E-state index in [2.05, 4.69) is 20.7 Å². The van der Waals surface area contributed by atoms with E-state index in [-0.39, 0.29) is 11.4 Å². The van der Waals surface area contributed by atoms with Crippen LogP contribution >= 0.6 is 11.6 Å². The number of aromatic nitrogens is 2. The molecule has 3 aromatic rings. The number of benzene rings is 2. The summed E-state index contributed by atoms with van der Waals surface area (Å²) in [5.41, 5.74) is 4.43. The van der Waals surface area contributed by atoms with Crippen molar-refractivity contribution in [1.82, 2.24) is 15.6 Å². The monoisotopic (exact) mass is 395 g/mol. The van der Waals surface area contributed by atoms with E-state index in [4.69, 9.17) is 11.6 Å². The fraction of sp³-hybridized carbons (Fsp3) is 0. The molecule has 0 saturated heterocycles. The van der Waals surface area contributed by atoms with Crippen LogP contribution in [0.15, 0.2) is 65.8 Å². The van der Waals surface area contributed by atoms with Gasteiger partial charge in [-0.05, 0) is 36.4 Å². The number of aromatic amines is 1. The molecule has 0 fully saturated rings. The molecule has 0 bridgehead atoms. The predicted octanol–water partition coefficient (Wildman–Crippen LogP) is 4.07. The first kappa shape index (κ1) is 19.0. The zero-order valence-corrected chi connectivity index (χ0v) is 15.1. The number of carbonyl (C=O) groups excluding carboxylic acids is 1. The Labute approximate surface area is 164 Å². The summed E-state index contributed by atoms with van der Waals surface area (Å²) in [6, 6.07) is 15.0. The maximum Gasteiger partial charge on any atom is 0.289 e. The number of nitrogens with one attached hydrogen (secondary N) is 2. The van der Waals surface area contributed by atoms with Gasteiger partial charge in [0.15, 0.2) is 0 Å². The first-order valence-corrected chi connectivity index (χ1v) is 8.47. The molecule has 0 aliphatic heterocycles. The number of H-pyrrole nitrogens is 1. The molecule has 9 heteroatoms. The number of hydrogen-bond acceptors (Lipinski definition) is 5. The van der Waals surface area contributed by atoms with Crippen LogP contribution < -0.4 is 5.43 Å². The maximum absolute atomic E-state index is 12.1. The summed E-state index contributed by atoms with van der Waals surface area (Å²) in [5, 5.41) is 22.1. The SMILES string of the molecule is O=C(N/N=C/C=C/c1ccccc1[N+](=O)[O-])c1cc(-c2ccc(Cl)cc2)n[nH]1. The number of hydrazone groups is 1. The minimum Gasteiger partial charge on any atom is -0.272 e. The highest BCUT2D eigenvalue weighted by Gasteiger charge is 2.10. The maximum atomic E-state index is 12.1. The Bertz CT molecular complexity index is 1060. The number of para-hydroxylation sites is 1. The lowest BCUT2D eigenvalue weighted by Crippen LogP contribution is -2.17. The fourth-order valence-corrected chi connectivity index (χ4v) is 2.47. The summed E-state index contributed by atoms with van der Waals surface area (Å²) in [6.45, 7) is 0. The van der Waals surface area contributed by atoms with Crippen molar-refractivity contribution in [1.29, 1.82) is 0 Å². The molecular weight excluding hydrogens is 382 g/mol. The first-order valence-electron chi connectivity index (χ1n) is 8.09. The molecule has 0 unspecified atom stereocenters. The van der Waals surface area contributed by atoms with E-state index in [1.165, 1.54) is 24.4 Å². The Balaban J connectivity index is 1.60. The number of hydrogen-bond donors (Lipinski definition) is 2. The third kappa shape index (κ3) is 4.68. The topological polar surface area (TPSA) is 113 Å². The quantitative estimate of drug-likeness (QED) is 0.372. The number of amides is 1. The number of rotatable bonds is 6. The highest BCUT2D eigenvalue weighted by Crippen LogP contribution is 2.20. The summed E-state index contributed by atoms with van der Waals surface area (Å²) < 4.78 is 0. The summed E-state index contributed by atoms with van der Waals surface area (Å²) in [4.78, 5) is 22.6. The molecule has 2 N–H and O–H groups in total. The van der Waals surface area contributed by atoms with E-state index in [9.17, 15) is 14.9 Å². The molecule has 0 atom stereocenters. The zero-order valence-electron chi connectivity index (χ0n) is 14.4. The molecule has 140 valence electrons. The Hall–Kier alpha value is -3.78. The lowest BCUT2D eigenvalue weighted by atomic mass is 10.1. The third-order valence-corrected chi connectivity index (χ3v) is 3.95. The average molecular weight is 396 g/mol. The van der Waals surface area contributed by atoms with Crippen molar-refractivity contribution in [3.05, 3.63) is 87.1 Å². The Kier molecular flexibility index (Phi) is 5.93. The van der Waals surface area contributed by atoms with E-state index in [1.54, 1.807) is 48.5 Å². The predicted molar refractivity (Wildman–Crippen MR) is 107 cm³/mol. The largest absolute Gasteiger partial charge is 0.289 e. The van der Waals surface area contributed by atoms with Crippen LogP contribution in [0.25, 0.3) is 17.3 Å². The van der Waals surface area contributed by atoms with Gasteiger partial charge >= 0.3 is 0 Å². The summed E-state index contributed by atoms with van der Waals surface area (Å²) in [7, 11) is 0. The molecule has 0 spiro atoms. The molecule has 0 aliphatic carbocycles. The molecule has 1 amide bonds. The number of nitro benzene ring substituents is 1. The van der Waals surface area contributed by atoms with Crippen molar-refractivity contribution >= 4 is 35.5 Å². The molecule has 2 aromatic carbocycles. The van der Waals surface area contributed by atoms with E-state index in [0.717, 1.165) is 5.56 Å². The van der Waals surface area contributed by atoms with E-state index in [1.807, 2.05) is 0 Å². The third-order valence-electron chi connectivity index (χ3n) is 3.70. The van der Waals surface area contributed by atoms with Crippen LogP contribution in [0.2, 0.25) is 5.02 Å². The molecule has 0 aliphatic rings. The van der Waals surface area contributed by atoms with Crippen LogP contribution in [0.1, 0.15) is 16.1 Å². The van der Waals surface area contributed by atoms with Gasteiger partial charge in [-0.15, -0.1) is 0 Å². The minimum absolute atomic E-state index is 0.0108. The second-order valence-electron chi connectivity index (χ2n) is 5.57. The lowest BCUT2D eigenvalue weighted by molar-refractivity contribution is -0.385. The molecule has 8 nitrogen and oxygen atoms in total. The Morgan fingerprint density at radius 3 is 2.71 bits per heavy atom. The standard InChI is InChI=1S/C19H14ClN5O3/c20-15-9-7-13(8-10-15)16-12-17(23-22-16)19(26)24-21-11-3-5-14-4-1-2-6-18(14)25(27)28/h1-12H,(H,22,23)(H,24,26)/b5-3+,21-11+. The second kappa shape index (κ2) is 8.74. The van der Waals surface area contributed by atoms with Gasteiger partial charge < -0.3 is 0 Å². The van der Waals surface area contributed by atoms with Gasteiger partial charge in [0, 0.05) is 22.9 Å². The Morgan fingerprint density at radius 2 is 1.96 bits per heavy atom. The Morgan fingerprint density at radius 1 is 1.21 bits per heavy atom. The van der Waals surface area contributed by atoms with E-state index < -0.39 is 10.8 Å². The summed E-state index contributed by atoms with van der Waals surface area (Å²) in [5.74, 6) is -0.469. The van der Waals surface area contributed by atoms with Crippen LogP contribution in [0.4, 0.5) is 5.69 Å². The van der Waals surface area contributed by atoms with Crippen molar-refractivity contribution < 1.29 is 9.72 Å². The molecule has 1 heterocycles. The van der Waals surface area contributed by atoms with Crippen molar-refractivity contribution in [2.75, 3.05) is 0 Å². The number of carbonyl (C=O) groups is 1. The number of nitrogens with zero attached hydrogens (tertiary/aromatic N) is 3. The molecule has 28 heavy (non-hydrogen) atoms. The van der Waals surface area contributed by atoms with Crippen LogP contribution in [-0.2, 0) is 0 Å². The average Bonchev–Trinajstić information content (AvgIpc) is 3.18. The van der Waals surface area contributed by atoms with Gasteiger partial charge in [0.1, 0.15) is 5.69 Å². The van der Waals surface area contributed by atoms with Gasteiger partial charge in [0.05, 0.1) is 16.2 Å². The van der Waals surface area contributed by atoms with Crippen molar-refractivity contribution in [2.45, 2.75) is 0 Å². The van der Waals surface area contributed by atoms with Crippen molar-refractivity contribution in [2.24, 2.45) is 5.10 Å². The smallest absolute Gasteiger partial charge is 0.272 e. The fourth-order valence-electron chi connectivity index (χ4n) is 2.35. The second-order valence-corrected chi connectivity index (χ2v) is 6.00. The van der Waals surface area contributed by atoms with Crippen LogP contribution in [0.5, 0.6) is 0 Å². The molecular formula is C19H14ClN5O3. The van der Waals surface area contributed by atoms with Crippen LogP contribution in [-0.4, -0.2) is 27.2 Å². The van der Waals surface area contributed by atoms with Gasteiger partial charge in [-0.1, -0.05) is 35.9 Å². The molecule has 3 rings (SSSR count). The van der Waals surface area contributed by atoms with Crippen molar-refractivity contribution in [3.8, 4) is 11.3 Å². The number of nitro groups is 1. The lowest BCUT2D eigenvalue weighted by Gasteiger charge is -1.96. The highest BCUT2D eigenvalue weighted by molar-refractivity contribution is 6.30. The highest BCUT2D eigenvalue weighted by atomic mass is 35.5. The van der Waals surface area contributed by atoms with E-state index in [0.29, 0.717) is 16.3 Å². The summed E-state index contributed by atoms with van der Waals surface area (Å²) >= 11 is 5.85. The molecule has 0 radical (unpaired) electrons. The van der Waals surface area contributed by atoms with Crippen LogP contribution in [0.3, 0.4) is 0 Å². The minimum atomic E-state index is -0.469. The van der Waals surface area contributed by atoms with Gasteiger partial charge in [-0.3, -0.25) is 20.0 Å². The van der Waals surface area contributed by atoms with E-state index >= 15 is 0 Å². The molecule has 1 aromatic heterocycles. The number of allylic oxidation sites excluding steroid dienone is 1. The van der Waals surface area contributed by atoms with Crippen LogP contribution in [0, 0.1) is 10.1 Å². The number of halogens is 1. The zero-order chi connectivity index (χ0) is 19.9. The van der Waals surface area contributed by atoms with Gasteiger partial charge in [0.2, 0.25) is 0 Å². The summed E-state index contributed by atoms with van der Waals surface area (Å²) in [6.07, 6.45) is 4.35.